The molecule has 1 aliphatic rings. The molecule has 1 aliphatic heterocycles. The van der Waals surface area contributed by atoms with Crippen molar-refractivity contribution in [3.05, 3.63) is 28.8 Å². The second-order valence-corrected chi connectivity index (χ2v) is 6.84. The van der Waals surface area contributed by atoms with Crippen molar-refractivity contribution in [3.8, 4) is 5.75 Å². The van der Waals surface area contributed by atoms with E-state index in [-0.39, 0.29) is 17.9 Å². The molecule has 1 aromatic rings. The third-order valence-corrected chi connectivity index (χ3v) is 4.63. The summed E-state index contributed by atoms with van der Waals surface area (Å²) in [5.74, 6) is 0.917. The highest BCUT2D eigenvalue weighted by atomic mass is 35.5. The van der Waals surface area contributed by atoms with Crippen molar-refractivity contribution >= 4 is 23.5 Å². The van der Waals surface area contributed by atoms with Crippen LogP contribution in [0.5, 0.6) is 5.75 Å². The number of rotatable bonds is 8. The Morgan fingerprint density at radius 3 is 2.88 bits per heavy atom. The first-order valence-electron chi connectivity index (χ1n) is 8.52. The second-order valence-electron chi connectivity index (χ2n) is 6.40. The Morgan fingerprint density at radius 1 is 1.42 bits per heavy atom. The van der Waals surface area contributed by atoms with Gasteiger partial charge in [0.15, 0.2) is 0 Å². The van der Waals surface area contributed by atoms with E-state index in [0.717, 1.165) is 5.56 Å². The topological polar surface area (TPSA) is 71.1 Å². The second kappa shape index (κ2) is 9.64. The van der Waals surface area contributed by atoms with Crippen LogP contribution in [0.15, 0.2) is 18.2 Å². The Kier molecular flexibility index (Phi) is 7.53. The fourth-order valence-corrected chi connectivity index (χ4v) is 3.17. The van der Waals surface area contributed by atoms with Gasteiger partial charge in [-0.3, -0.25) is 4.79 Å². The van der Waals surface area contributed by atoms with Crippen molar-refractivity contribution in [3.63, 3.8) is 0 Å². The molecule has 0 saturated carbocycles. The average molecular weight is 384 g/mol. The molecular formula is C18H26ClN3O4. The fraction of sp³-hybridized carbons (Fsp3) is 0.556. The number of amides is 3. The smallest absolute Gasteiger partial charge is 0.317 e. The number of ether oxygens (including phenoxy) is 2. The SMILES string of the molecule is COCCN1C[C@H](CNC(=O)N(C)Cc2cc(Cl)ccc2OC)CC1=O. The highest BCUT2D eigenvalue weighted by Gasteiger charge is 2.29. The predicted molar refractivity (Wildman–Crippen MR) is 99.4 cm³/mol. The van der Waals surface area contributed by atoms with Crippen LogP contribution in [-0.4, -0.2) is 69.2 Å². The van der Waals surface area contributed by atoms with Crippen LogP contribution in [0.1, 0.15) is 12.0 Å². The lowest BCUT2D eigenvalue weighted by Gasteiger charge is -2.21. The van der Waals surface area contributed by atoms with E-state index < -0.39 is 0 Å². The minimum Gasteiger partial charge on any atom is -0.496 e. The van der Waals surface area contributed by atoms with E-state index in [2.05, 4.69) is 5.32 Å². The largest absolute Gasteiger partial charge is 0.496 e. The Bertz CT molecular complexity index is 641. The van der Waals surface area contributed by atoms with Gasteiger partial charge in [0.05, 0.1) is 20.3 Å². The first-order valence-corrected chi connectivity index (χ1v) is 8.90. The van der Waals surface area contributed by atoms with Crippen LogP contribution < -0.4 is 10.1 Å². The van der Waals surface area contributed by atoms with E-state index in [1.54, 1.807) is 49.3 Å². The van der Waals surface area contributed by atoms with Crippen molar-refractivity contribution in [2.24, 2.45) is 5.92 Å². The number of nitrogens with one attached hydrogen (secondary N) is 1. The van der Waals surface area contributed by atoms with Gasteiger partial charge < -0.3 is 24.6 Å². The average Bonchev–Trinajstić information content (AvgIpc) is 2.97. The van der Waals surface area contributed by atoms with Crippen LogP contribution in [0.3, 0.4) is 0 Å². The van der Waals surface area contributed by atoms with Gasteiger partial charge in [-0.15, -0.1) is 0 Å². The molecule has 1 atom stereocenters. The number of hydrogen-bond donors (Lipinski definition) is 1. The van der Waals surface area contributed by atoms with Crippen LogP contribution in [0, 0.1) is 5.92 Å². The van der Waals surface area contributed by atoms with Gasteiger partial charge >= 0.3 is 6.03 Å². The van der Waals surface area contributed by atoms with Crippen LogP contribution in [0.4, 0.5) is 4.79 Å². The van der Waals surface area contributed by atoms with Crippen molar-refractivity contribution in [1.29, 1.82) is 0 Å². The van der Waals surface area contributed by atoms with Gasteiger partial charge in [-0.05, 0) is 18.2 Å². The Morgan fingerprint density at radius 2 is 2.19 bits per heavy atom. The lowest BCUT2D eigenvalue weighted by molar-refractivity contribution is -0.128. The molecule has 26 heavy (non-hydrogen) atoms. The summed E-state index contributed by atoms with van der Waals surface area (Å²) >= 11 is 6.03. The molecule has 0 spiro atoms. The summed E-state index contributed by atoms with van der Waals surface area (Å²) in [6.07, 6.45) is 0.454. The third-order valence-electron chi connectivity index (χ3n) is 4.40. The van der Waals surface area contributed by atoms with Gasteiger partial charge in [0.25, 0.3) is 0 Å². The summed E-state index contributed by atoms with van der Waals surface area (Å²) in [5.41, 5.74) is 0.833. The molecule has 1 N–H and O–H groups in total. The Balaban J connectivity index is 1.83. The van der Waals surface area contributed by atoms with E-state index in [1.807, 2.05) is 0 Å². The summed E-state index contributed by atoms with van der Waals surface area (Å²) in [6, 6.07) is 5.11. The highest BCUT2D eigenvalue weighted by molar-refractivity contribution is 6.30. The highest BCUT2D eigenvalue weighted by Crippen LogP contribution is 2.24. The minimum absolute atomic E-state index is 0.110. The third kappa shape index (κ3) is 5.51. The molecule has 0 unspecified atom stereocenters. The molecule has 3 amide bonds. The predicted octanol–water partition coefficient (Wildman–Crippen LogP) is 1.98. The molecular weight excluding hydrogens is 358 g/mol. The molecule has 1 heterocycles. The molecule has 1 fully saturated rings. The van der Waals surface area contributed by atoms with E-state index in [1.165, 1.54) is 0 Å². The van der Waals surface area contributed by atoms with Crippen molar-refractivity contribution in [2.75, 3.05) is 47.5 Å². The van der Waals surface area contributed by atoms with Gasteiger partial charge in [-0.25, -0.2) is 4.79 Å². The molecule has 0 radical (unpaired) electrons. The quantitative estimate of drug-likeness (QED) is 0.745. The number of benzene rings is 1. The molecule has 144 valence electrons. The maximum atomic E-state index is 12.3. The Hall–Kier alpha value is -1.99. The van der Waals surface area contributed by atoms with E-state index >= 15 is 0 Å². The molecule has 2 rings (SSSR count). The lowest BCUT2D eigenvalue weighted by Crippen LogP contribution is -2.39. The standard InChI is InChI=1S/C18H26ClN3O4/c1-21(12-14-9-15(19)4-5-16(14)26-3)18(24)20-10-13-8-17(23)22(11-13)6-7-25-2/h4-5,9,13H,6-8,10-12H2,1-3H3,(H,20,24)/t13-/m0/s1. The maximum absolute atomic E-state index is 12.3. The fourth-order valence-electron chi connectivity index (χ4n) is 2.97. The lowest BCUT2D eigenvalue weighted by atomic mass is 10.1. The number of hydrogen-bond acceptors (Lipinski definition) is 4. The van der Waals surface area contributed by atoms with Crippen LogP contribution in [0.2, 0.25) is 5.02 Å². The molecule has 7 nitrogen and oxygen atoms in total. The summed E-state index contributed by atoms with van der Waals surface area (Å²) < 4.78 is 10.3. The number of urea groups is 1. The minimum atomic E-state index is -0.199. The summed E-state index contributed by atoms with van der Waals surface area (Å²) in [7, 11) is 4.91. The zero-order valence-electron chi connectivity index (χ0n) is 15.5. The normalized spacial score (nSPS) is 16.7. The summed E-state index contributed by atoms with van der Waals surface area (Å²) in [5, 5.41) is 3.49. The zero-order valence-corrected chi connectivity index (χ0v) is 16.2. The molecule has 0 bridgehead atoms. The van der Waals surface area contributed by atoms with E-state index in [4.69, 9.17) is 21.1 Å². The first kappa shape index (κ1) is 20.3. The van der Waals surface area contributed by atoms with Crippen molar-refractivity contribution < 1.29 is 19.1 Å². The number of nitrogens with zero attached hydrogens (tertiary/aromatic N) is 2. The van der Waals surface area contributed by atoms with E-state index in [9.17, 15) is 9.59 Å². The summed E-state index contributed by atoms with van der Waals surface area (Å²) in [4.78, 5) is 27.6. The van der Waals surface area contributed by atoms with Crippen molar-refractivity contribution in [1.82, 2.24) is 15.1 Å². The molecule has 1 saturated heterocycles. The van der Waals surface area contributed by atoms with Crippen LogP contribution in [-0.2, 0) is 16.1 Å². The number of halogens is 1. The number of carbonyl (C=O) groups excluding carboxylic acids is 2. The number of methoxy groups -OCH3 is 2. The zero-order chi connectivity index (χ0) is 19.1. The van der Waals surface area contributed by atoms with Crippen LogP contribution >= 0.6 is 11.6 Å². The molecule has 8 heteroatoms. The van der Waals surface area contributed by atoms with Crippen LogP contribution in [0.25, 0.3) is 0 Å². The number of carbonyl (C=O) groups is 2. The van der Waals surface area contributed by atoms with Gasteiger partial charge in [0.1, 0.15) is 5.75 Å². The van der Waals surface area contributed by atoms with Gasteiger partial charge in [-0.1, -0.05) is 11.6 Å². The van der Waals surface area contributed by atoms with E-state index in [0.29, 0.717) is 50.0 Å². The van der Waals surface area contributed by atoms with Gasteiger partial charge in [0.2, 0.25) is 5.91 Å². The van der Waals surface area contributed by atoms with Gasteiger partial charge in [-0.2, -0.15) is 0 Å². The van der Waals surface area contributed by atoms with Crippen molar-refractivity contribution in [2.45, 2.75) is 13.0 Å². The monoisotopic (exact) mass is 383 g/mol. The molecule has 0 aromatic heterocycles. The first-order chi connectivity index (χ1) is 12.4. The molecule has 0 aliphatic carbocycles. The molecule has 1 aromatic carbocycles. The number of likely N-dealkylation sites (tertiary alicyclic amines) is 1. The van der Waals surface area contributed by atoms with Gasteiger partial charge in [0, 0.05) is 56.7 Å². The summed E-state index contributed by atoms with van der Waals surface area (Å²) in [6.45, 7) is 2.60. The Labute approximate surface area is 159 Å². The maximum Gasteiger partial charge on any atom is 0.317 e.